The number of nitrogens with one attached hydrogen (secondary N) is 2. The molecule has 0 radical (unpaired) electrons. The van der Waals surface area contributed by atoms with Crippen LogP contribution in [0.4, 0.5) is 0 Å². The van der Waals surface area contributed by atoms with E-state index in [4.69, 9.17) is 0 Å². The molecule has 3 aliphatic rings. The van der Waals surface area contributed by atoms with Crippen molar-refractivity contribution < 1.29 is 0 Å². The maximum atomic E-state index is 3.55. The molecule has 0 aromatic rings. The highest BCUT2D eigenvalue weighted by atomic mass is 15.0. The largest absolute Gasteiger partial charge is 0.388 e. The number of allylic oxidation sites excluding steroid dienone is 3. The lowest BCUT2D eigenvalue weighted by atomic mass is 9.84. The fourth-order valence-corrected chi connectivity index (χ4v) is 2.77. The van der Waals surface area contributed by atoms with Gasteiger partial charge in [-0.15, -0.1) is 0 Å². The van der Waals surface area contributed by atoms with E-state index in [0.717, 1.165) is 12.5 Å². The van der Waals surface area contributed by atoms with Gasteiger partial charge in [0.15, 0.2) is 0 Å². The Kier molecular flexibility index (Phi) is 1.86. The Morgan fingerprint density at radius 2 is 2.14 bits per heavy atom. The first-order valence-electron chi connectivity index (χ1n) is 5.52. The molecule has 0 saturated carbocycles. The van der Waals surface area contributed by atoms with Crippen molar-refractivity contribution in [1.82, 2.24) is 10.6 Å². The SMILES string of the molecule is C1=CNC2CCC3CCNC3=C2C=C1. The van der Waals surface area contributed by atoms with Crippen LogP contribution in [0.2, 0.25) is 0 Å². The van der Waals surface area contributed by atoms with E-state index in [1.807, 2.05) is 0 Å². The van der Waals surface area contributed by atoms with Crippen LogP contribution in [0.1, 0.15) is 19.3 Å². The highest BCUT2D eigenvalue weighted by Crippen LogP contribution is 2.35. The van der Waals surface area contributed by atoms with Crippen LogP contribution in [-0.4, -0.2) is 12.6 Å². The maximum Gasteiger partial charge on any atom is 0.0525 e. The van der Waals surface area contributed by atoms with E-state index < -0.39 is 0 Å². The van der Waals surface area contributed by atoms with Gasteiger partial charge in [-0.05, 0) is 37.1 Å². The second kappa shape index (κ2) is 3.19. The van der Waals surface area contributed by atoms with E-state index in [0.29, 0.717) is 6.04 Å². The van der Waals surface area contributed by atoms with Crippen LogP contribution in [0.15, 0.2) is 35.7 Å². The molecule has 1 aliphatic carbocycles. The lowest BCUT2D eigenvalue weighted by Gasteiger charge is -2.28. The van der Waals surface area contributed by atoms with Gasteiger partial charge in [-0.3, -0.25) is 0 Å². The summed E-state index contributed by atoms with van der Waals surface area (Å²) in [6.45, 7) is 1.16. The zero-order chi connectivity index (χ0) is 9.38. The molecule has 0 amide bonds. The average Bonchev–Trinajstić information content (AvgIpc) is 2.55. The van der Waals surface area contributed by atoms with Crippen LogP contribution >= 0.6 is 0 Å². The molecule has 2 unspecified atom stereocenters. The summed E-state index contributed by atoms with van der Waals surface area (Å²) in [5.74, 6) is 0.811. The molecule has 2 heterocycles. The smallest absolute Gasteiger partial charge is 0.0525 e. The second-order valence-corrected chi connectivity index (χ2v) is 4.30. The van der Waals surface area contributed by atoms with E-state index in [-0.39, 0.29) is 0 Å². The van der Waals surface area contributed by atoms with E-state index >= 15 is 0 Å². The van der Waals surface area contributed by atoms with Gasteiger partial charge >= 0.3 is 0 Å². The molecular formula is C12H16N2. The predicted molar refractivity (Wildman–Crippen MR) is 57.6 cm³/mol. The van der Waals surface area contributed by atoms with Crippen molar-refractivity contribution in [3.8, 4) is 0 Å². The average molecular weight is 188 g/mol. The Labute approximate surface area is 84.8 Å². The third kappa shape index (κ3) is 1.17. The number of rotatable bonds is 0. The number of fused-ring (bicyclic) bond motifs is 2. The Hall–Kier alpha value is -1.18. The molecule has 2 N–H and O–H groups in total. The summed E-state index contributed by atoms with van der Waals surface area (Å²) in [4.78, 5) is 0. The molecule has 0 spiro atoms. The lowest BCUT2D eigenvalue weighted by molar-refractivity contribution is 0.462. The molecule has 2 nitrogen and oxygen atoms in total. The van der Waals surface area contributed by atoms with Gasteiger partial charge in [0.1, 0.15) is 0 Å². The number of hydrogen-bond donors (Lipinski definition) is 2. The van der Waals surface area contributed by atoms with Gasteiger partial charge in [-0.2, -0.15) is 0 Å². The molecule has 1 fully saturated rings. The van der Waals surface area contributed by atoms with Gasteiger partial charge in [0.25, 0.3) is 0 Å². The molecule has 14 heavy (non-hydrogen) atoms. The minimum absolute atomic E-state index is 0.543. The normalized spacial score (nSPS) is 34.3. The van der Waals surface area contributed by atoms with Crippen molar-refractivity contribution in [3.05, 3.63) is 35.7 Å². The van der Waals surface area contributed by atoms with E-state index in [2.05, 4.69) is 35.1 Å². The van der Waals surface area contributed by atoms with Crippen LogP contribution in [0.25, 0.3) is 0 Å². The monoisotopic (exact) mass is 188 g/mol. The van der Waals surface area contributed by atoms with Crippen LogP contribution in [0.5, 0.6) is 0 Å². The molecule has 0 aromatic heterocycles. The van der Waals surface area contributed by atoms with Gasteiger partial charge in [0.2, 0.25) is 0 Å². The molecular weight excluding hydrogens is 172 g/mol. The Balaban J connectivity index is 2.02. The first-order chi connectivity index (χ1) is 6.95. The Morgan fingerprint density at radius 3 is 3.14 bits per heavy atom. The highest BCUT2D eigenvalue weighted by Gasteiger charge is 2.31. The fourth-order valence-electron chi connectivity index (χ4n) is 2.77. The quantitative estimate of drug-likeness (QED) is 0.604. The second-order valence-electron chi connectivity index (χ2n) is 4.30. The molecule has 1 saturated heterocycles. The highest BCUT2D eigenvalue weighted by molar-refractivity contribution is 5.38. The van der Waals surface area contributed by atoms with Crippen LogP contribution in [0.3, 0.4) is 0 Å². The minimum atomic E-state index is 0.543. The summed E-state index contributed by atoms with van der Waals surface area (Å²) in [7, 11) is 0. The summed E-state index contributed by atoms with van der Waals surface area (Å²) >= 11 is 0. The van der Waals surface area contributed by atoms with Gasteiger partial charge in [0, 0.05) is 18.2 Å². The van der Waals surface area contributed by atoms with Crippen LogP contribution in [-0.2, 0) is 0 Å². The van der Waals surface area contributed by atoms with Gasteiger partial charge in [-0.1, -0.05) is 12.2 Å². The first-order valence-corrected chi connectivity index (χ1v) is 5.52. The molecule has 3 rings (SSSR count). The number of hydrogen-bond acceptors (Lipinski definition) is 2. The summed E-state index contributed by atoms with van der Waals surface area (Å²) in [5, 5.41) is 7.00. The molecule has 2 atom stereocenters. The van der Waals surface area contributed by atoms with Gasteiger partial charge < -0.3 is 10.6 Å². The van der Waals surface area contributed by atoms with Crippen molar-refractivity contribution in [2.45, 2.75) is 25.3 Å². The first kappa shape index (κ1) is 8.16. The van der Waals surface area contributed by atoms with Crippen LogP contribution in [0, 0.1) is 5.92 Å². The fraction of sp³-hybridized carbons (Fsp3) is 0.500. The van der Waals surface area contributed by atoms with E-state index in [1.165, 1.54) is 30.5 Å². The maximum absolute atomic E-state index is 3.55. The van der Waals surface area contributed by atoms with Crippen molar-refractivity contribution in [2.24, 2.45) is 5.92 Å². The summed E-state index contributed by atoms with van der Waals surface area (Å²) in [6.07, 6.45) is 12.5. The summed E-state index contributed by atoms with van der Waals surface area (Å²) in [6, 6.07) is 0.543. The van der Waals surface area contributed by atoms with Gasteiger partial charge in [-0.25, -0.2) is 0 Å². The molecule has 0 bridgehead atoms. The van der Waals surface area contributed by atoms with Crippen LogP contribution < -0.4 is 10.6 Å². The van der Waals surface area contributed by atoms with E-state index in [1.54, 1.807) is 0 Å². The zero-order valence-corrected chi connectivity index (χ0v) is 8.29. The topological polar surface area (TPSA) is 24.1 Å². The minimum Gasteiger partial charge on any atom is -0.388 e. The Bertz CT molecular complexity index is 325. The van der Waals surface area contributed by atoms with Crippen molar-refractivity contribution in [1.29, 1.82) is 0 Å². The predicted octanol–water partition coefficient (Wildman–Crippen LogP) is 1.69. The van der Waals surface area contributed by atoms with Crippen molar-refractivity contribution in [3.63, 3.8) is 0 Å². The summed E-state index contributed by atoms with van der Waals surface area (Å²) < 4.78 is 0. The van der Waals surface area contributed by atoms with Crippen molar-refractivity contribution >= 4 is 0 Å². The lowest BCUT2D eigenvalue weighted by Crippen LogP contribution is -2.32. The zero-order valence-electron chi connectivity index (χ0n) is 8.29. The molecule has 2 heteroatoms. The standard InChI is InChI=1S/C12H16N2/c1-2-7-13-11-5-4-9-6-8-14-12(9)10(11)3-1/h1-3,7,9,11,13-14H,4-6,8H2. The molecule has 2 aliphatic heterocycles. The molecule has 0 aromatic carbocycles. The Morgan fingerprint density at radius 1 is 1.14 bits per heavy atom. The summed E-state index contributed by atoms with van der Waals surface area (Å²) in [5.41, 5.74) is 3.00. The third-order valence-electron chi connectivity index (χ3n) is 3.49. The third-order valence-corrected chi connectivity index (χ3v) is 3.49. The molecule has 74 valence electrons. The van der Waals surface area contributed by atoms with Crippen molar-refractivity contribution in [2.75, 3.05) is 6.54 Å². The van der Waals surface area contributed by atoms with Gasteiger partial charge in [0.05, 0.1) is 6.04 Å². The van der Waals surface area contributed by atoms with E-state index in [9.17, 15) is 0 Å².